The Kier molecular flexibility index (Phi) is 3.18. The summed E-state index contributed by atoms with van der Waals surface area (Å²) in [5, 5.41) is 4.96. The number of rotatable bonds is 3. The molecule has 1 amide bonds. The van der Waals surface area contributed by atoms with Gasteiger partial charge in [0.25, 0.3) is 0 Å². The minimum Gasteiger partial charge on any atom is -0.456 e. The topological polar surface area (TPSA) is 68.3 Å². The van der Waals surface area contributed by atoms with Gasteiger partial charge in [-0.1, -0.05) is 18.2 Å². The van der Waals surface area contributed by atoms with Gasteiger partial charge in [-0.2, -0.15) is 0 Å². The van der Waals surface area contributed by atoms with E-state index < -0.39 is 5.41 Å². The normalized spacial score (nSPS) is 12.0. The molecule has 21 heavy (non-hydrogen) atoms. The van der Waals surface area contributed by atoms with Crippen molar-refractivity contribution in [2.24, 2.45) is 11.1 Å². The van der Waals surface area contributed by atoms with Crippen molar-refractivity contribution in [3.63, 3.8) is 0 Å². The lowest BCUT2D eigenvalue weighted by atomic mass is 9.92. The standard InChI is InChI=1S/C17H18N2O2/c1-17(2,10-18)16(20)19-11-7-8-15-13(9-11)12-5-3-4-6-14(12)21-15/h3-9H,10,18H2,1-2H3,(H,19,20). The summed E-state index contributed by atoms with van der Waals surface area (Å²) in [5.74, 6) is -0.0860. The largest absolute Gasteiger partial charge is 0.456 e. The fourth-order valence-electron chi connectivity index (χ4n) is 2.20. The molecule has 0 saturated carbocycles. The lowest BCUT2D eigenvalue weighted by molar-refractivity contribution is -0.123. The third-order valence-corrected chi connectivity index (χ3v) is 3.76. The summed E-state index contributed by atoms with van der Waals surface area (Å²) in [6.45, 7) is 3.96. The first-order chi connectivity index (χ1) is 10.0. The van der Waals surface area contributed by atoms with Gasteiger partial charge in [-0.25, -0.2) is 0 Å². The highest BCUT2D eigenvalue weighted by atomic mass is 16.3. The van der Waals surface area contributed by atoms with Crippen molar-refractivity contribution in [1.82, 2.24) is 0 Å². The predicted molar refractivity (Wildman–Crippen MR) is 85.2 cm³/mol. The molecule has 4 heteroatoms. The fraction of sp³-hybridized carbons (Fsp3) is 0.235. The average molecular weight is 282 g/mol. The van der Waals surface area contributed by atoms with Gasteiger partial charge in [-0.05, 0) is 38.1 Å². The van der Waals surface area contributed by atoms with Crippen molar-refractivity contribution in [1.29, 1.82) is 0 Å². The Morgan fingerprint density at radius 3 is 2.62 bits per heavy atom. The molecule has 0 radical (unpaired) electrons. The Balaban J connectivity index is 2.01. The number of para-hydroxylation sites is 1. The van der Waals surface area contributed by atoms with Crippen LogP contribution in [0.2, 0.25) is 0 Å². The van der Waals surface area contributed by atoms with Crippen LogP contribution in [0.5, 0.6) is 0 Å². The first kappa shape index (κ1) is 13.6. The maximum Gasteiger partial charge on any atom is 0.231 e. The van der Waals surface area contributed by atoms with E-state index in [0.717, 1.165) is 27.6 Å². The molecule has 0 saturated heterocycles. The van der Waals surface area contributed by atoms with E-state index in [4.69, 9.17) is 10.2 Å². The number of nitrogens with two attached hydrogens (primary N) is 1. The van der Waals surface area contributed by atoms with Crippen LogP contribution in [0.25, 0.3) is 21.9 Å². The second kappa shape index (κ2) is 4.90. The Hall–Kier alpha value is -2.33. The minimum absolute atomic E-state index is 0.0860. The molecule has 108 valence electrons. The van der Waals surface area contributed by atoms with E-state index in [2.05, 4.69) is 5.32 Å². The van der Waals surface area contributed by atoms with Gasteiger partial charge in [0, 0.05) is 23.0 Å². The van der Waals surface area contributed by atoms with Gasteiger partial charge >= 0.3 is 0 Å². The lowest BCUT2D eigenvalue weighted by Gasteiger charge is -2.21. The molecule has 0 bridgehead atoms. The molecule has 3 N–H and O–H groups in total. The number of anilines is 1. The van der Waals surface area contributed by atoms with Crippen molar-refractivity contribution in [3.05, 3.63) is 42.5 Å². The maximum atomic E-state index is 12.2. The van der Waals surface area contributed by atoms with Crippen molar-refractivity contribution in [3.8, 4) is 0 Å². The highest BCUT2D eigenvalue weighted by molar-refractivity contribution is 6.07. The number of carbonyl (C=O) groups is 1. The summed E-state index contributed by atoms with van der Waals surface area (Å²) in [7, 11) is 0. The zero-order chi connectivity index (χ0) is 15.0. The Labute approximate surface area is 122 Å². The number of hydrogen-bond donors (Lipinski definition) is 2. The van der Waals surface area contributed by atoms with E-state index in [9.17, 15) is 4.79 Å². The lowest BCUT2D eigenvalue weighted by Crippen LogP contribution is -2.37. The number of hydrogen-bond acceptors (Lipinski definition) is 3. The van der Waals surface area contributed by atoms with Crippen LogP contribution in [-0.4, -0.2) is 12.5 Å². The molecule has 0 fully saturated rings. The van der Waals surface area contributed by atoms with Gasteiger partial charge in [0.05, 0.1) is 5.41 Å². The van der Waals surface area contributed by atoms with Crippen LogP contribution in [-0.2, 0) is 4.79 Å². The summed E-state index contributed by atoms with van der Waals surface area (Å²) in [5.41, 5.74) is 7.45. The van der Waals surface area contributed by atoms with Crippen LogP contribution in [0.1, 0.15) is 13.8 Å². The van der Waals surface area contributed by atoms with E-state index in [-0.39, 0.29) is 5.91 Å². The molecule has 4 nitrogen and oxygen atoms in total. The predicted octanol–water partition coefficient (Wildman–Crippen LogP) is 3.51. The van der Waals surface area contributed by atoms with E-state index in [1.807, 2.05) is 56.3 Å². The number of nitrogens with one attached hydrogen (secondary N) is 1. The molecule has 0 aliphatic rings. The minimum atomic E-state index is -0.590. The maximum absolute atomic E-state index is 12.2. The molecule has 0 atom stereocenters. The van der Waals surface area contributed by atoms with Crippen molar-refractivity contribution in [2.45, 2.75) is 13.8 Å². The van der Waals surface area contributed by atoms with E-state index in [1.54, 1.807) is 0 Å². The van der Waals surface area contributed by atoms with Crippen LogP contribution in [0, 0.1) is 5.41 Å². The third kappa shape index (κ3) is 2.38. The van der Waals surface area contributed by atoms with Crippen LogP contribution in [0.15, 0.2) is 46.9 Å². The highest BCUT2D eigenvalue weighted by Gasteiger charge is 2.25. The molecule has 3 rings (SSSR count). The Morgan fingerprint density at radius 1 is 1.14 bits per heavy atom. The molecule has 1 aromatic heterocycles. The van der Waals surface area contributed by atoms with Crippen LogP contribution >= 0.6 is 0 Å². The molecular formula is C17H18N2O2. The van der Waals surface area contributed by atoms with Gasteiger partial charge < -0.3 is 15.5 Å². The number of amides is 1. The van der Waals surface area contributed by atoms with Gasteiger partial charge in [0.15, 0.2) is 0 Å². The second-order valence-corrected chi connectivity index (χ2v) is 5.85. The second-order valence-electron chi connectivity index (χ2n) is 5.85. The smallest absolute Gasteiger partial charge is 0.231 e. The van der Waals surface area contributed by atoms with Crippen molar-refractivity contribution >= 4 is 33.5 Å². The number of benzene rings is 2. The third-order valence-electron chi connectivity index (χ3n) is 3.76. The molecule has 2 aromatic carbocycles. The molecule has 0 spiro atoms. The Morgan fingerprint density at radius 2 is 1.86 bits per heavy atom. The first-order valence-corrected chi connectivity index (χ1v) is 6.94. The number of carbonyl (C=O) groups excluding carboxylic acids is 1. The summed E-state index contributed by atoms with van der Waals surface area (Å²) >= 11 is 0. The highest BCUT2D eigenvalue weighted by Crippen LogP contribution is 2.30. The van der Waals surface area contributed by atoms with Gasteiger partial charge in [-0.15, -0.1) is 0 Å². The molecule has 0 unspecified atom stereocenters. The van der Waals surface area contributed by atoms with Crippen molar-refractivity contribution < 1.29 is 9.21 Å². The molecule has 1 heterocycles. The van der Waals surface area contributed by atoms with E-state index >= 15 is 0 Å². The first-order valence-electron chi connectivity index (χ1n) is 6.94. The zero-order valence-corrected chi connectivity index (χ0v) is 12.1. The summed E-state index contributed by atoms with van der Waals surface area (Å²) in [4.78, 5) is 12.2. The number of furan rings is 1. The number of fused-ring (bicyclic) bond motifs is 3. The monoisotopic (exact) mass is 282 g/mol. The fourth-order valence-corrected chi connectivity index (χ4v) is 2.20. The van der Waals surface area contributed by atoms with Gasteiger partial charge in [0.2, 0.25) is 5.91 Å². The van der Waals surface area contributed by atoms with Gasteiger partial charge in [0.1, 0.15) is 11.2 Å². The van der Waals surface area contributed by atoms with Crippen LogP contribution in [0.3, 0.4) is 0 Å². The zero-order valence-electron chi connectivity index (χ0n) is 12.1. The molecular weight excluding hydrogens is 264 g/mol. The average Bonchev–Trinajstić information content (AvgIpc) is 2.85. The van der Waals surface area contributed by atoms with Crippen LogP contribution in [0.4, 0.5) is 5.69 Å². The SMILES string of the molecule is CC(C)(CN)C(=O)Nc1ccc2oc3ccccc3c2c1. The van der Waals surface area contributed by atoms with Crippen molar-refractivity contribution in [2.75, 3.05) is 11.9 Å². The molecule has 0 aliphatic carbocycles. The van der Waals surface area contributed by atoms with E-state index in [0.29, 0.717) is 6.54 Å². The van der Waals surface area contributed by atoms with E-state index in [1.165, 1.54) is 0 Å². The summed E-state index contributed by atoms with van der Waals surface area (Å²) < 4.78 is 5.77. The molecule has 0 aliphatic heterocycles. The van der Waals surface area contributed by atoms with Gasteiger partial charge in [-0.3, -0.25) is 4.79 Å². The summed E-state index contributed by atoms with van der Waals surface area (Å²) in [6, 6.07) is 13.5. The van der Waals surface area contributed by atoms with Crippen LogP contribution < -0.4 is 11.1 Å². The molecule has 3 aromatic rings. The quantitative estimate of drug-likeness (QED) is 0.772. The summed E-state index contributed by atoms with van der Waals surface area (Å²) in [6.07, 6.45) is 0. The Bertz CT molecular complexity index is 818.